The van der Waals surface area contributed by atoms with E-state index in [1.807, 2.05) is 54.6 Å². The molecule has 28 heavy (non-hydrogen) atoms. The standard InChI is InChI=1S/C22H17N3O2S/c1-27-17-12-10-16(11-13-17)20-19(15-7-3-2-4-8-15)24-22(28-20)25-21(26)18-9-5-6-14-23-18/h2-14H,1H3,(H,24,25,26). The number of carbonyl (C=O) groups is 1. The zero-order valence-electron chi connectivity index (χ0n) is 15.1. The Morgan fingerprint density at radius 3 is 2.36 bits per heavy atom. The molecule has 138 valence electrons. The summed E-state index contributed by atoms with van der Waals surface area (Å²) in [6, 6.07) is 22.9. The summed E-state index contributed by atoms with van der Waals surface area (Å²) in [7, 11) is 1.64. The first kappa shape index (κ1) is 17.9. The zero-order chi connectivity index (χ0) is 19.3. The van der Waals surface area contributed by atoms with Crippen LogP contribution >= 0.6 is 11.3 Å². The number of rotatable bonds is 5. The second-order valence-corrected chi connectivity index (χ2v) is 6.96. The van der Waals surface area contributed by atoms with Crippen LogP contribution in [0.3, 0.4) is 0 Å². The smallest absolute Gasteiger partial charge is 0.276 e. The van der Waals surface area contributed by atoms with Gasteiger partial charge < -0.3 is 4.74 Å². The summed E-state index contributed by atoms with van der Waals surface area (Å²) in [6.07, 6.45) is 1.59. The monoisotopic (exact) mass is 387 g/mol. The summed E-state index contributed by atoms with van der Waals surface area (Å²) < 4.78 is 5.25. The number of methoxy groups -OCH3 is 1. The van der Waals surface area contributed by atoms with Gasteiger partial charge in [0.2, 0.25) is 0 Å². The molecule has 1 amide bonds. The lowest BCUT2D eigenvalue weighted by Gasteiger charge is -2.04. The molecule has 4 aromatic rings. The number of pyridine rings is 1. The van der Waals surface area contributed by atoms with Crippen molar-refractivity contribution in [3.05, 3.63) is 84.7 Å². The van der Waals surface area contributed by atoms with Gasteiger partial charge in [-0.1, -0.05) is 47.7 Å². The molecule has 2 heterocycles. The van der Waals surface area contributed by atoms with Crippen LogP contribution in [0.15, 0.2) is 79.0 Å². The van der Waals surface area contributed by atoms with Crippen LogP contribution in [0, 0.1) is 0 Å². The molecule has 0 aliphatic carbocycles. The largest absolute Gasteiger partial charge is 0.497 e. The lowest BCUT2D eigenvalue weighted by Crippen LogP contribution is -2.13. The lowest BCUT2D eigenvalue weighted by molar-refractivity contribution is 0.102. The summed E-state index contributed by atoms with van der Waals surface area (Å²) >= 11 is 1.43. The van der Waals surface area contributed by atoms with Crippen molar-refractivity contribution in [1.82, 2.24) is 9.97 Å². The van der Waals surface area contributed by atoms with Crippen LogP contribution in [0.2, 0.25) is 0 Å². The molecule has 0 unspecified atom stereocenters. The molecular weight excluding hydrogens is 370 g/mol. The molecule has 0 bridgehead atoms. The van der Waals surface area contributed by atoms with Crippen molar-refractivity contribution in [3.8, 4) is 27.4 Å². The minimum atomic E-state index is -0.282. The maximum absolute atomic E-state index is 12.5. The molecule has 0 aliphatic heterocycles. The van der Waals surface area contributed by atoms with Crippen molar-refractivity contribution in [2.75, 3.05) is 12.4 Å². The summed E-state index contributed by atoms with van der Waals surface area (Å²) in [5, 5.41) is 3.39. The molecule has 0 spiro atoms. The topological polar surface area (TPSA) is 64.1 Å². The van der Waals surface area contributed by atoms with E-state index in [2.05, 4.69) is 10.3 Å². The van der Waals surface area contributed by atoms with Gasteiger partial charge in [0.15, 0.2) is 5.13 Å². The van der Waals surface area contributed by atoms with E-state index in [-0.39, 0.29) is 5.91 Å². The third kappa shape index (κ3) is 3.77. The highest BCUT2D eigenvalue weighted by atomic mass is 32.1. The van der Waals surface area contributed by atoms with E-state index >= 15 is 0 Å². The maximum Gasteiger partial charge on any atom is 0.276 e. The highest BCUT2D eigenvalue weighted by Gasteiger charge is 2.17. The predicted octanol–water partition coefficient (Wildman–Crippen LogP) is 5.13. The van der Waals surface area contributed by atoms with Gasteiger partial charge in [0.25, 0.3) is 5.91 Å². The second-order valence-electron chi connectivity index (χ2n) is 5.96. The Balaban J connectivity index is 1.72. The predicted molar refractivity (Wildman–Crippen MR) is 112 cm³/mol. The van der Waals surface area contributed by atoms with Crippen molar-refractivity contribution in [1.29, 1.82) is 0 Å². The second kappa shape index (κ2) is 8.02. The molecule has 5 nitrogen and oxygen atoms in total. The molecule has 6 heteroatoms. The van der Waals surface area contributed by atoms with Crippen LogP contribution in [0.1, 0.15) is 10.5 Å². The van der Waals surface area contributed by atoms with Gasteiger partial charge in [-0.15, -0.1) is 0 Å². The first-order valence-corrected chi connectivity index (χ1v) is 9.49. The number of nitrogens with one attached hydrogen (secondary N) is 1. The highest BCUT2D eigenvalue weighted by Crippen LogP contribution is 2.39. The van der Waals surface area contributed by atoms with Crippen molar-refractivity contribution >= 4 is 22.4 Å². The van der Waals surface area contributed by atoms with E-state index in [0.717, 1.165) is 27.4 Å². The molecule has 2 aromatic heterocycles. The average molecular weight is 387 g/mol. The number of benzene rings is 2. The van der Waals surface area contributed by atoms with Gasteiger partial charge in [0.1, 0.15) is 11.4 Å². The van der Waals surface area contributed by atoms with Gasteiger partial charge in [-0.3, -0.25) is 15.1 Å². The molecule has 0 aliphatic rings. The number of hydrogen-bond acceptors (Lipinski definition) is 5. The van der Waals surface area contributed by atoms with Crippen LogP contribution in [-0.4, -0.2) is 23.0 Å². The maximum atomic E-state index is 12.5. The van der Waals surface area contributed by atoms with Crippen LogP contribution in [0.4, 0.5) is 5.13 Å². The Morgan fingerprint density at radius 2 is 1.68 bits per heavy atom. The number of anilines is 1. The molecule has 0 radical (unpaired) electrons. The quantitative estimate of drug-likeness (QED) is 0.515. The van der Waals surface area contributed by atoms with Gasteiger partial charge in [-0.05, 0) is 42.0 Å². The van der Waals surface area contributed by atoms with E-state index in [4.69, 9.17) is 9.72 Å². The summed E-state index contributed by atoms with van der Waals surface area (Å²) in [5.74, 6) is 0.508. The molecule has 0 saturated heterocycles. The summed E-state index contributed by atoms with van der Waals surface area (Å²) in [5.41, 5.74) is 3.18. The fourth-order valence-corrected chi connectivity index (χ4v) is 3.75. The van der Waals surface area contributed by atoms with Gasteiger partial charge in [0, 0.05) is 11.8 Å². The van der Waals surface area contributed by atoms with Crippen LogP contribution in [0.25, 0.3) is 21.7 Å². The first-order valence-electron chi connectivity index (χ1n) is 8.67. The number of aromatic nitrogens is 2. The Bertz CT molecular complexity index is 1080. The van der Waals surface area contributed by atoms with E-state index < -0.39 is 0 Å². The molecule has 4 rings (SSSR count). The Hall–Kier alpha value is -3.51. The summed E-state index contributed by atoms with van der Waals surface area (Å²) in [6.45, 7) is 0. The van der Waals surface area contributed by atoms with E-state index in [9.17, 15) is 4.79 Å². The number of nitrogens with zero attached hydrogens (tertiary/aromatic N) is 2. The molecule has 0 fully saturated rings. The number of amides is 1. The van der Waals surface area contributed by atoms with Gasteiger partial charge in [0.05, 0.1) is 17.7 Å². The van der Waals surface area contributed by atoms with Crippen LogP contribution in [0.5, 0.6) is 5.75 Å². The van der Waals surface area contributed by atoms with E-state index in [1.54, 1.807) is 31.5 Å². The fraction of sp³-hybridized carbons (Fsp3) is 0.0455. The van der Waals surface area contributed by atoms with E-state index in [1.165, 1.54) is 11.3 Å². The zero-order valence-corrected chi connectivity index (χ0v) is 15.9. The molecule has 1 N–H and O–H groups in total. The number of hydrogen-bond donors (Lipinski definition) is 1. The average Bonchev–Trinajstić information content (AvgIpc) is 3.19. The number of carbonyl (C=O) groups excluding carboxylic acids is 1. The Labute approximate surface area is 166 Å². The number of ether oxygens (including phenoxy) is 1. The number of thiazole rings is 1. The SMILES string of the molecule is COc1ccc(-c2sc(NC(=O)c3ccccn3)nc2-c2ccccc2)cc1. The van der Waals surface area contributed by atoms with E-state index in [0.29, 0.717) is 10.8 Å². The van der Waals surface area contributed by atoms with Crippen molar-refractivity contribution in [3.63, 3.8) is 0 Å². The normalized spacial score (nSPS) is 10.5. The molecule has 0 saturated carbocycles. The Kier molecular flexibility index (Phi) is 5.12. The van der Waals surface area contributed by atoms with Gasteiger partial charge >= 0.3 is 0 Å². The molecule has 0 atom stereocenters. The fourth-order valence-electron chi connectivity index (χ4n) is 2.76. The lowest BCUT2D eigenvalue weighted by atomic mass is 10.1. The third-order valence-electron chi connectivity index (χ3n) is 4.14. The van der Waals surface area contributed by atoms with Crippen molar-refractivity contribution < 1.29 is 9.53 Å². The minimum Gasteiger partial charge on any atom is -0.497 e. The van der Waals surface area contributed by atoms with Crippen molar-refractivity contribution in [2.45, 2.75) is 0 Å². The third-order valence-corrected chi connectivity index (χ3v) is 5.16. The first-order chi connectivity index (χ1) is 13.7. The van der Waals surface area contributed by atoms with Gasteiger partial charge in [-0.2, -0.15) is 0 Å². The van der Waals surface area contributed by atoms with Crippen molar-refractivity contribution in [2.24, 2.45) is 0 Å². The molecular formula is C22H17N3O2S. The molecule has 2 aromatic carbocycles. The van der Waals surface area contributed by atoms with Crippen LogP contribution in [-0.2, 0) is 0 Å². The Morgan fingerprint density at radius 1 is 0.929 bits per heavy atom. The summed E-state index contributed by atoms with van der Waals surface area (Å²) in [4.78, 5) is 22.2. The highest BCUT2D eigenvalue weighted by molar-refractivity contribution is 7.19. The van der Waals surface area contributed by atoms with Crippen LogP contribution < -0.4 is 10.1 Å². The van der Waals surface area contributed by atoms with Gasteiger partial charge in [-0.25, -0.2) is 4.98 Å². The minimum absolute atomic E-state index is 0.282.